The number of benzene rings is 10. The SMILES string of the molecule is CC(C)(C)c1ccc(N2c3cc4c(cc3B3c5ccc(-c6ccccc6)cc5N(c5cccc(-c6ccccc6)c5)c5cc(N(c6ccccc6)c6ccccc6)cc2c53)C(C)(C)CC4(C)C)c(-c2ccc3c(c2)C(C)(C)CC3(C)C)c1. The summed E-state index contributed by atoms with van der Waals surface area (Å²) < 4.78 is 0. The van der Waals surface area contributed by atoms with Crippen LogP contribution in [0.4, 0.5) is 51.2 Å². The van der Waals surface area contributed by atoms with Crippen LogP contribution in [-0.2, 0) is 27.1 Å². The van der Waals surface area contributed by atoms with Crippen molar-refractivity contribution in [3.05, 3.63) is 252 Å². The summed E-state index contributed by atoms with van der Waals surface area (Å²) in [5.74, 6) is 0. The van der Waals surface area contributed by atoms with Gasteiger partial charge in [-0.05, 0) is 185 Å². The number of hydrogen-bond acceptors (Lipinski definition) is 3. The normalized spacial score (nSPS) is 16.5. The number of anilines is 9. The molecule has 0 saturated carbocycles. The number of fused-ring (bicyclic) bond motifs is 6. The Morgan fingerprint density at radius 3 is 1.45 bits per heavy atom. The van der Waals surface area contributed by atoms with Gasteiger partial charge in [0, 0.05) is 45.4 Å². The third kappa shape index (κ3) is 8.38. The lowest BCUT2D eigenvalue weighted by atomic mass is 9.33. The van der Waals surface area contributed by atoms with Crippen LogP contribution in [0.25, 0.3) is 33.4 Å². The maximum Gasteiger partial charge on any atom is 0.252 e. The molecule has 2 aliphatic carbocycles. The summed E-state index contributed by atoms with van der Waals surface area (Å²) in [4.78, 5) is 7.80. The largest absolute Gasteiger partial charge is 0.311 e. The van der Waals surface area contributed by atoms with Crippen LogP contribution in [0.2, 0.25) is 0 Å². The van der Waals surface area contributed by atoms with Crippen molar-refractivity contribution in [2.45, 2.75) is 116 Å². The molecule has 4 aliphatic rings. The summed E-state index contributed by atoms with van der Waals surface area (Å²) in [7, 11) is 0. The number of hydrogen-bond donors (Lipinski definition) is 0. The summed E-state index contributed by atoms with van der Waals surface area (Å²) in [6, 6.07) is 85.6. The molecule has 0 fully saturated rings. The topological polar surface area (TPSA) is 9.72 Å². The molecule has 0 radical (unpaired) electrons. The van der Waals surface area contributed by atoms with Crippen molar-refractivity contribution < 1.29 is 0 Å². The van der Waals surface area contributed by atoms with E-state index in [0.29, 0.717) is 0 Å². The standard InChI is InChI=1S/C78H74BN3/c1-74(2,3)56-37-40-68(61(44-56)55-35-38-62-63(42-55)76(6,7)49-75(62,4)5)82-70-48-65-64(77(8,9)50-78(65,10)11)47-67(70)79-66-39-36-54(52-27-18-13-19-28-52)43-69(66)81(59-34-24-29-53(41-59)51-25-16-12-17-26-51)71-45-60(46-72(82)73(71)79)80(57-30-20-14-21-31-57)58-32-22-15-23-33-58/h12-48H,49-50H2,1-11H3. The highest BCUT2D eigenvalue weighted by atomic mass is 15.2. The molecule has 0 atom stereocenters. The fourth-order valence-electron chi connectivity index (χ4n) is 15.6. The average molecular weight is 1060 g/mol. The Morgan fingerprint density at radius 1 is 0.354 bits per heavy atom. The molecule has 0 saturated heterocycles. The molecule has 0 amide bonds. The van der Waals surface area contributed by atoms with E-state index in [1.807, 2.05) is 0 Å². The van der Waals surface area contributed by atoms with E-state index in [2.05, 4.69) is 315 Å². The Bertz CT molecular complexity index is 4110. The van der Waals surface area contributed by atoms with E-state index in [1.54, 1.807) is 0 Å². The van der Waals surface area contributed by atoms with Crippen LogP contribution in [-0.4, -0.2) is 6.71 Å². The summed E-state index contributed by atoms with van der Waals surface area (Å²) in [5, 5.41) is 0. The average Bonchev–Trinajstić information content (AvgIpc) is 1.01. The Balaban J connectivity index is 1.14. The van der Waals surface area contributed by atoms with E-state index in [9.17, 15) is 0 Å². The van der Waals surface area contributed by atoms with Gasteiger partial charge in [0.05, 0.1) is 11.4 Å². The van der Waals surface area contributed by atoms with Crippen LogP contribution in [0, 0.1) is 0 Å². The Kier molecular flexibility index (Phi) is 11.7. The molecule has 2 aliphatic heterocycles. The van der Waals surface area contributed by atoms with Crippen LogP contribution in [0.3, 0.4) is 0 Å². The first-order valence-electron chi connectivity index (χ1n) is 29.8. The third-order valence-electron chi connectivity index (χ3n) is 18.9. The quantitative estimate of drug-likeness (QED) is 0.140. The third-order valence-corrected chi connectivity index (χ3v) is 18.9. The molecular formula is C78H74BN3. The van der Waals surface area contributed by atoms with Gasteiger partial charge in [0.15, 0.2) is 0 Å². The highest BCUT2D eigenvalue weighted by molar-refractivity contribution is 7.00. The van der Waals surface area contributed by atoms with Crippen molar-refractivity contribution in [1.82, 2.24) is 0 Å². The molecule has 0 N–H and O–H groups in total. The van der Waals surface area contributed by atoms with Crippen molar-refractivity contribution in [2.75, 3.05) is 14.7 Å². The highest BCUT2D eigenvalue weighted by Crippen LogP contribution is 2.56. The van der Waals surface area contributed by atoms with Crippen molar-refractivity contribution >= 4 is 74.3 Å². The number of para-hydroxylation sites is 2. The van der Waals surface area contributed by atoms with E-state index >= 15 is 0 Å². The molecule has 0 bridgehead atoms. The van der Waals surface area contributed by atoms with Gasteiger partial charge in [-0.2, -0.15) is 0 Å². The second-order valence-electron chi connectivity index (χ2n) is 27.7. The van der Waals surface area contributed by atoms with Crippen molar-refractivity contribution in [3.63, 3.8) is 0 Å². The summed E-state index contributed by atoms with van der Waals surface area (Å²) >= 11 is 0. The van der Waals surface area contributed by atoms with Gasteiger partial charge in [0.2, 0.25) is 0 Å². The van der Waals surface area contributed by atoms with Crippen LogP contribution in [0.15, 0.2) is 224 Å². The van der Waals surface area contributed by atoms with Crippen LogP contribution < -0.4 is 31.1 Å². The van der Waals surface area contributed by atoms with Gasteiger partial charge in [0.1, 0.15) is 0 Å². The van der Waals surface area contributed by atoms with Crippen molar-refractivity contribution in [3.8, 4) is 33.4 Å². The molecule has 82 heavy (non-hydrogen) atoms. The first-order chi connectivity index (χ1) is 39.3. The fraction of sp³-hybridized carbons (Fsp3) is 0.231. The first kappa shape index (κ1) is 51.8. The van der Waals surface area contributed by atoms with Gasteiger partial charge in [-0.15, -0.1) is 0 Å². The molecule has 10 aromatic carbocycles. The van der Waals surface area contributed by atoms with E-state index in [0.717, 1.165) is 35.6 Å². The summed E-state index contributed by atoms with van der Waals surface area (Å²) in [6.45, 7) is 26.6. The molecule has 14 rings (SSSR count). The van der Waals surface area contributed by atoms with E-state index < -0.39 is 0 Å². The minimum atomic E-state index is -0.0919. The Labute approximate surface area is 488 Å². The summed E-state index contributed by atoms with van der Waals surface area (Å²) in [6.07, 6.45) is 2.19. The second-order valence-corrected chi connectivity index (χ2v) is 27.7. The molecule has 3 nitrogen and oxygen atoms in total. The number of nitrogens with zero attached hydrogens (tertiary/aromatic N) is 3. The fourth-order valence-corrected chi connectivity index (χ4v) is 15.6. The van der Waals surface area contributed by atoms with Gasteiger partial charge < -0.3 is 14.7 Å². The minimum Gasteiger partial charge on any atom is -0.311 e. The lowest BCUT2D eigenvalue weighted by Crippen LogP contribution is -2.61. The van der Waals surface area contributed by atoms with E-state index in [-0.39, 0.29) is 33.8 Å². The van der Waals surface area contributed by atoms with Gasteiger partial charge in [-0.25, -0.2) is 0 Å². The predicted octanol–water partition coefficient (Wildman–Crippen LogP) is 19.5. The predicted molar refractivity (Wildman–Crippen MR) is 351 cm³/mol. The molecule has 10 aromatic rings. The van der Waals surface area contributed by atoms with E-state index in [1.165, 1.54) is 106 Å². The van der Waals surface area contributed by atoms with Crippen molar-refractivity contribution in [1.29, 1.82) is 0 Å². The molecule has 404 valence electrons. The zero-order valence-electron chi connectivity index (χ0n) is 49.7. The Morgan fingerprint density at radius 2 is 0.854 bits per heavy atom. The molecule has 4 heteroatoms. The second kappa shape index (κ2) is 18.6. The minimum absolute atomic E-state index is 0.0272. The number of rotatable bonds is 8. The Hall–Kier alpha value is -8.34. The first-order valence-corrected chi connectivity index (χ1v) is 29.8. The zero-order valence-corrected chi connectivity index (χ0v) is 49.7. The van der Waals surface area contributed by atoms with Gasteiger partial charge in [-0.3, -0.25) is 0 Å². The zero-order chi connectivity index (χ0) is 56.7. The smallest absolute Gasteiger partial charge is 0.252 e. The van der Waals surface area contributed by atoms with Crippen LogP contribution >= 0.6 is 0 Å². The summed E-state index contributed by atoms with van der Waals surface area (Å²) in [5.41, 5.74) is 28.7. The molecule has 2 heterocycles. The maximum atomic E-state index is 2.72. The van der Waals surface area contributed by atoms with Gasteiger partial charge >= 0.3 is 0 Å². The van der Waals surface area contributed by atoms with Gasteiger partial charge in [-0.1, -0.05) is 228 Å². The van der Waals surface area contributed by atoms with Crippen molar-refractivity contribution in [2.24, 2.45) is 0 Å². The molecule has 0 aromatic heterocycles. The van der Waals surface area contributed by atoms with Gasteiger partial charge in [0.25, 0.3) is 6.71 Å². The van der Waals surface area contributed by atoms with Crippen LogP contribution in [0.1, 0.15) is 117 Å². The molecular weight excluding hydrogens is 990 g/mol. The monoisotopic (exact) mass is 1060 g/mol. The maximum absolute atomic E-state index is 2.72. The van der Waals surface area contributed by atoms with E-state index in [4.69, 9.17) is 0 Å². The van der Waals surface area contributed by atoms with Crippen LogP contribution in [0.5, 0.6) is 0 Å². The molecule has 0 unspecified atom stereocenters. The lowest BCUT2D eigenvalue weighted by molar-refractivity contribution is 0.403. The lowest BCUT2D eigenvalue weighted by Gasteiger charge is -2.46. The molecule has 0 spiro atoms. The highest BCUT2D eigenvalue weighted by Gasteiger charge is 2.49.